The van der Waals surface area contributed by atoms with E-state index in [0.29, 0.717) is 0 Å². The molecule has 84 valence electrons. The molecule has 2 atom stereocenters. The van der Waals surface area contributed by atoms with Gasteiger partial charge in [0.25, 0.3) is 0 Å². The van der Waals surface area contributed by atoms with E-state index >= 15 is 0 Å². The maximum atomic E-state index is 11.0. The highest BCUT2D eigenvalue weighted by molar-refractivity contribution is 5.83. The molecule has 0 aromatic heterocycles. The first-order valence-corrected chi connectivity index (χ1v) is 5.16. The molecule has 0 aromatic rings. The Morgan fingerprint density at radius 3 is 1.86 bits per heavy atom. The number of hydrogen-bond acceptors (Lipinski definition) is 3. The first-order chi connectivity index (χ1) is 6.49. The van der Waals surface area contributed by atoms with Crippen molar-refractivity contribution >= 4 is 11.8 Å². The molecule has 2 unspecified atom stereocenters. The van der Waals surface area contributed by atoms with Gasteiger partial charge in [-0.3, -0.25) is 9.59 Å². The number of rotatable bonds is 4. The fourth-order valence-corrected chi connectivity index (χ4v) is 0.993. The highest BCUT2D eigenvalue weighted by Crippen LogP contribution is 2.12. The number of hydrogen-bond donors (Lipinski definition) is 0. The number of ketones is 1. The molecule has 0 N–H and O–H groups in total. The second-order valence-electron chi connectivity index (χ2n) is 3.03. The molecular formula is C11H22O3. The molecule has 0 bridgehead atoms. The molecular weight excluding hydrogens is 180 g/mol. The zero-order valence-electron chi connectivity index (χ0n) is 10.1. The van der Waals surface area contributed by atoms with Crippen LogP contribution >= 0.6 is 0 Å². The average molecular weight is 202 g/mol. The van der Waals surface area contributed by atoms with Crippen LogP contribution in [0.5, 0.6) is 0 Å². The summed E-state index contributed by atoms with van der Waals surface area (Å²) in [6.45, 7) is 10.6. The molecule has 0 aromatic carbocycles. The second-order valence-corrected chi connectivity index (χ2v) is 3.03. The SMILES string of the molecule is CC.CCC(C)C(OC(C)=O)C(C)=O. The third kappa shape index (κ3) is 6.63. The van der Waals surface area contributed by atoms with Crippen molar-refractivity contribution in [3.05, 3.63) is 0 Å². The third-order valence-electron chi connectivity index (χ3n) is 1.85. The average Bonchev–Trinajstić information content (AvgIpc) is 2.15. The molecule has 0 saturated carbocycles. The topological polar surface area (TPSA) is 43.4 Å². The van der Waals surface area contributed by atoms with Crippen LogP contribution in [0.25, 0.3) is 0 Å². The van der Waals surface area contributed by atoms with E-state index in [2.05, 4.69) is 0 Å². The van der Waals surface area contributed by atoms with Crippen LogP contribution in [0.2, 0.25) is 0 Å². The molecule has 0 amide bonds. The van der Waals surface area contributed by atoms with Gasteiger partial charge in [0, 0.05) is 12.8 Å². The van der Waals surface area contributed by atoms with E-state index < -0.39 is 12.1 Å². The third-order valence-corrected chi connectivity index (χ3v) is 1.85. The van der Waals surface area contributed by atoms with E-state index in [1.807, 2.05) is 27.7 Å². The van der Waals surface area contributed by atoms with E-state index in [4.69, 9.17) is 4.74 Å². The van der Waals surface area contributed by atoms with Gasteiger partial charge in [0.05, 0.1) is 0 Å². The molecule has 0 spiro atoms. The Balaban J connectivity index is 0. The van der Waals surface area contributed by atoms with Gasteiger partial charge in [-0.05, 0) is 13.3 Å². The summed E-state index contributed by atoms with van der Waals surface area (Å²) < 4.78 is 4.88. The van der Waals surface area contributed by atoms with Crippen molar-refractivity contribution in [2.45, 2.75) is 54.1 Å². The summed E-state index contributed by atoms with van der Waals surface area (Å²) in [7, 11) is 0. The van der Waals surface area contributed by atoms with Crippen LogP contribution < -0.4 is 0 Å². The summed E-state index contributed by atoms with van der Waals surface area (Å²) >= 11 is 0. The van der Waals surface area contributed by atoms with Gasteiger partial charge in [0.2, 0.25) is 0 Å². The van der Waals surface area contributed by atoms with Crippen molar-refractivity contribution in [3.8, 4) is 0 Å². The Kier molecular flexibility index (Phi) is 9.73. The lowest BCUT2D eigenvalue weighted by atomic mass is 9.99. The fraction of sp³-hybridized carbons (Fsp3) is 0.818. The van der Waals surface area contributed by atoms with Gasteiger partial charge < -0.3 is 4.74 Å². The van der Waals surface area contributed by atoms with Gasteiger partial charge in [-0.25, -0.2) is 0 Å². The van der Waals surface area contributed by atoms with Gasteiger partial charge in [0.1, 0.15) is 0 Å². The first-order valence-electron chi connectivity index (χ1n) is 5.16. The van der Waals surface area contributed by atoms with Crippen LogP contribution in [0.3, 0.4) is 0 Å². The molecule has 0 saturated heterocycles. The van der Waals surface area contributed by atoms with Crippen molar-refractivity contribution in [2.75, 3.05) is 0 Å². The van der Waals surface area contributed by atoms with Gasteiger partial charge >= 0.3 is 5.97 Å². The number of carbonyl (C=O) groups excluding carboxylic acids is 2. The smallest absolute Gasteiger partial charge is 0.303 e. The number of esters is 1. The van der Waals surface area contributed by atoms with Gasteiger partial charge in [-0.1, -0.05) is 27.7 Å². The minimum absolute atomic E-state index is 0.0837. The van der Waals surface area contributed by atoms with Gasteiger partial charge in [0.15, 0.2) is 11.9 Å². The predicted molar refractivity (Wildman–Crippen MR) is 57.0 cm³/mol. The monoisotopic (exact) mass is 202 g/mol. The Morgan fingerprint density at radius 1 is 1.21 bits per heavy atom. The summed E-state index contributed by atoms with van der Waals surface area (Å²) in [6, 6.07) is 0. The maximum absolute atomic E-state index is 11.0. The standard InChI is InChI=1S/C9H16O3.C2H6/c1-5-6(2)9(7(3)10)12-8(4)11;1-2/h6,9H,5H2,1-4H3;1-2H3. The molecule has 0 fully saturated rings. The lowest BCUT2D eigenvalue weighted by molar-refractivity contribution is -0.155. The van der Waals surface area contributed by atoms with E-state index in [-0.39, 0.29) is 11.7 Å². The number of Topliss-reactive ketones (excluding diaryl/α,β-unsaturated/α-hetero) is 1. The van der Waals surface area contributed by atoms with Crippen molar-refractivity contribution in [1.82, 2.24) is 0 Å². The zero-order valence-corrected chi connectivity index (χ0v) is 10.1. The maximum Gasteiger partial charge on any atom is 0.303 e. The van der Waals surface area contributed by atoms with Crippen molar-refractivity contribution in [3.63, 3.8) is 0 Å². The van der Waals surface area contributed by atoms with Crippen LogP contribution in [0.1, 0.15) is 48.0 Å². The molecule has 0 aliphatic heterocycles. The lowest BCUT2D eigenvalue weighted by Crippen LogP contribution is -2.30. The van der Waals surface area contributed by atoms with E-state index in [0.717, 1.165) is 6.42 Å². The molecule has 0 rings (SSSR count). The van der Waals surface area contributed by atoms with Crippen LogP contribution in [-0.4, -0.2) is 17.9 Å². The Morgan fingerprint density at radius 2 is 1.64 bits per heavy atom. The quantitative estimate of drug-likeness (QED) is 0.658. The van der Waals surface area contributed by atoms with E-state index in [1.54, 1.807) is 0 Å². The van der Waals surface area contributed by atoms with Crippen LogP contribution in [0.15, 0.2) is 0 Å². The summed E-state index contributed by atoms with van der Waals surface area (Å²) in [5.41, 5.74) is 0. The minimum atomic E-state index is -0.563. The lowest BCUT2D eigenvalue weighted by Gasteiger charge is -2.19. The van der Waals surface area contributed by atoms with Crippen molar-refractivity contribution in [1.29, 1.82) is 0 Å². The van der Waals surface area contributed by atoms with Crippen LogP contribution in [0, 0.1) is 5.92 Å². The molecule has 3 nitrogen and oxygen atoms in total. The van der Waals surface area contributed by atoms with Gasteiger partial charge in [-0.2, -0.15) is 0 Å². The Bertz CT molecular complexity index is 175. The number of carbonyl (C=O) groups is 2. The fourth-order valence-electron chi connectivity index (χ4n) is 0.993. The van der Waals surface area contributed by atoms with Gasteiger partial charge in [-0.15, -0.1) is 0 Å². The first kappa shape index (κ1) is 15.6. The predicted octanol–water partition coefficient (Wildman–Crippen LogP) is 2.58. The normalized spacial score (nSPS) is 13.3. The highest BCUT2D eigenvalue weighted by Gasteiger charge is 2.22. The summed E-state index contributed by atoms with van der Waals surface area (Å²) in [4.78, 5) is 21.6. The molecule has 0 aliphatic carbocycles. The molecule has 0 aliphatic rings. The largest absolute Gasteiger partial charge is 0.454 e. The summed E-state index contributed by atoms with van der Waals surface area (Å²) in [5.74, 6) is -0.374. The summed E-state index contributed by atoms with van der Waals surface area (Å²) in [6.07, 6.45) is 0.268. The van der Waals surface area contributed by atoms with Crippen LogP contribution in [-0.2, 0) is 14.3 Å². The zero-order chi connectivity index (χ0) is 11.7. The Labute approximate surface area is 86.8 Å². The summed E-state index contributed by atoms with van der Waals surface area (Å²) in [5, 5.41) is 0. The molecule has 0 heterocycles. The van der Waals surface area contributed by atoms with Crippen molar-refractivity contribution < 1.29 is 14.3 Å². The van der Waals surface area contributed by atoms with Crippen LogP contribution in [0.4, 0.5) is 0 Å². The van der Waals surface area contributed by atoms with Crippen molar-refractivity contribution in [2.24, 2.45) is 5.92 Å². The molecule has 0 radical (unpaired) electrons. The number of ether oxygens (including phenoxy) is 1. The van der Waals surface area contributed by atoms with E-state index in [9.17, 15) is 9.59 Å². The highest BCUT2D eigenvalue weighted by atomic mass is 16.5. The van der Waals surface area contributed by atoms with E-state index in [1.165, 1.54) is 13.8 Å². The second kappa shape index (κ2) is 8.73. The minimum Gasteiger partial charge on any atom is -0.454 e. The molecule has 3 heteroatoms. The Hall–Kier alpha value is -0.860. The molecule has 14 heavy (non-hydrogen) atoms.